The maximum absolute atomic E-state index is 12.3. The lowest BCUT2D eigenvalue weighted by Gasteiger charge is -2.12. The molecule has 0 aliphatic rings. The van der Waals surface area contributed by atoms with Gasteiger partial charge < -0.3 is 5.32 Å². The Morgan fingerprint density at radius 1 is 1.14 bits per heavy atom. The van der Waals surface area contributed by atoms with Gasteiger partial charge in [0.2, 0.25) is 0 Å². The molecule has 0 fully saturated rings. The van der Waals surface area contributed by atoms with E-state index in [0.29, 0.717) is 16.7 Å². The summed E-state index contributed by atoms with van der Waals surface area (Å²) in [6, 6.07) is 5.34. The Kier molecular flexibility index (Phi) is 3.13. The van der Waals surface area contributed by atoms with Gasteiger partial charge in [-0.2, -0.15) is 15.4 Å². The molecular weight excluding hydrogens is 340 g/mol. The van der Waals surface area contributed by atoms with Crippen molar-refractivity contribution in [1.82, 2.24) is 24.8 Å². The highest BCUT2D eigenvalue weighted by molar-refractivity contribution is 9.10. The monoisotopic (exact) mass is 350 g/mol. The summed E-state index contributed by atoms with van der Waals surface area (Å²) >= 11 is 3.18. The number of benzene rings is 1. The van der Waals surface area contributed by atoms with Crippen LogP contribution in [0.1, 0.15) is 0 Å². The number of halogens is 1. The molecule has 0 unspecified atom stereocenters. The van der Waals surface area contributed by atoms with E-state index in [-0.39, 0.29) is 21.3 Å². The van der Waals surface area contributed by atoms with E-state index >= 15 is 0 Å². The Hall–Kier alpha value is -2.42. The highest BCUT2D eigenvalue weighted by Gasteiger charge is 2.15. The van der Waals surface area contributed by atoms with Crippen molar-refractivity contribution in [2.45, 2.75) is 0 Å². The predicted octanol–water partition coefficient (Wildman–Crippen LogP) is 0.861. The standard InChI is InChI=1S/C12H11BrN6O2/c1-18-11(20)8(13)10(12(21)19(18)2)14-6-4-3-5-7-9(6)16-17-15-7/h3-5,14H,1-2H3,(H,15,16,17). The van der Waals surface area contributed by atoms with Crippen LogP contribution in [0.4, 0.5) is 11.4 Å². The van der Waals surface area contributed by atoms with Crippen molar-refractivity contribution in [2.75, 3.05) is 5.32 Å². The molecule has 0 aliphatic carbocycles. The zero-order valence-corrected chi connectivity index (χ0v) is 12.8. The molecule has 3 rings (SSSR count). The molecule has 0 amide bonds. The minimum Gasteiger partial charge on any atom is -0.348 e. The molecule has 2 aromatic heterocycles. The molecule has 8 nitrogen and oxygen atoms in total. The van der Waals surface area contributed by atoms with Crippen LogP contribution >= 0.6 is 15.9 Å². The summed E-state index contributed by atoms with van der Waals surface area (Å²) in [6.45, 7) is 0. The van der Waals surface area contributed by atoms with Gasteiger partial charge in [-0.25, -0.2) is 9.36 Å². The fraction of sp³-hybridized carbons (Fsp3) is 0.167. The van der Waals surface area contributed by atoms with E-state index in [4.69, 9.17) is 0 Å². The van der Waals surface area contributed by atoms with E-state index < -0.39 is 0 Å². The van der Waals surface area contributed by atoms with Gasteiger partial charge in [-0.3, -0.25) is 9.59 Å². The summed E-state index contributed by atoms with van der Waals surface area (Å²) in [7, 11) is 3.05. The Bertz CT molecular complexity index is 955. The summed E-state index contributed by atoms with van der Waals surface area (Å²) in [6.07, 6.45) is 0. The number of rotatable bonds is 2. The average molecular weight is 351 g/mol. The second-order valence-electron chi connectivity index (χ2n) is 4.47. The van der Waals surface area contributed by atoms with Crippen molar-refractivity contribution in [3.05, 3.63) is 43.4 Å². The van der Waals surface area contributed by atoms with Crippen molar-refractivity contribution in [2.24, 2.45) is 14.1 Å². The van der Waals surface area contributed by atoms with Crippen LogP contribution in [-0.2, 0) is 14.1 Å². The van der Waals surface area contributed by atoms with E-state index in [1.165, 1.54) is 23.5 Å². The van der Waals surface area contributed by atoms with Crippen LogP contribution in [0.3, 0.4) is 0 Å². The molecule has 3 aromatic rings. The normalized spacial score (nSPS) is 11.0. The van der Waals surface area contributed by atoms with Gasteiger partial charge in [-0.15, -0.1) is 0 Å². The summed E-state index contributed by atoms with van der Waals surface area (Å²) < 4.78 is 2.64. The maximum Gasteiger partial charge on any atom is 0.289 e. The van der Waals surface area contributed by atoms with Gasteiger partial charge in [0.15, 0.2) is 0 Å². The van der Waals surface area contributed by atoms with Crippen LogP contribution in [0.2, 0.25) is 0 Å². The zero-order chi connectivity index (χ0) is 15.1. The van der Waals surface area contributed by atoms with Gasteiger partial charge in [-0.05, 0) is 28.1 Å². The van der Waals surface area contributed by atoms with Gasteiger partial charge >= 0.3 is 0 Å². The van der Waals surface area contributed by atoms with Crippen LogP contribution in [0.5, 0.6) is 0 Å². The topological polar surface area (TPSA) is 97.6 Å². The lowest BCUT2D eigenvalue weighted by atomic mass is 10.2. The number of para-hydroxylation sites is 1. The van der Waals surface area contributed by atoms with Crippen molar-refractivity contribution in [3.63, 3.8) is 0 Å². The molecule has 0 bridgehead atoms. The molecule has 0 saturated carbocycles. The third kappa shape index (κ3) is 2.05. The summed E-state index contributed by atoms with van der Waals surface area (Å²) in [5.74, 6) is 0. The summed E-state index contributed by atoms with van der Waals surface area (Å²) in [5, 5.41) is 13.5. The molecule has 0 atom stereocenters. The highest BCUT2D eigenvalue weighted by Crippen LogP contribution is 2.24. The molecule has 2 N–H and O–H groups in total. The predicted molar refractivity (Wildman–Crippen MR) is 81.8 cm³/mol. The second kappa shape index (κ2) is 4.85. The third-order valence-electron chi connectivity index (χ3n) is 3.27. The first kappa shape index (κ1) is 13.6. The van der Waals surface area contributed by atoms with E-state index in [1.54, 1.807) is 18.2 Å². The third-order valence-corrected chi connectivity index (χ3v) is 4.00. The second-order valence-corrected chi connectivity index (χ2v) is 5.26. The molecule has 9 heteroatoms. The first-order valence-electron chi connectivity index (χ1n) is 6.03. The number of aromatic nitrogens is 5. The van der Waals surface area contributed by atoms with Gasteiger partial charge in [0.05, 0.1) is 5.69 Å². The summed E-state index contributed by atoms with van der Waals surface area (Å²) in [5.41, 5.74) is 1.36. The molecule has 0 spiro atoms. The molecule has 0 aliphatic heterocycles. The Morgan fingerprint density at radius 2 is 1.86 bits per heavy atom. The van der Waals surface area contributed by atoms with Crippen molar-refractivity contribution in [3.8, 4) is 0 Å². The average Bonchev–Trinajstić information content (AvgIpc) is 2.97. The number of H-pyrrole nitrogens is 1. The van der Waals surface area contributed by atoms with Crippen LogP contribution < -0.4 is 16.4 Å². The number of aromatic amines is 1. The fourth-order valence-corrected chi connectivity index (χ4v) is 2.51. The van der Waals surface area contributed by atoms with E-state index in [1.807, 2.05) is 0 Å². The molecule has 21 heavy (non-hydrogen) atoms. The SMILES string of the molecule is Cn1c(=O)c(Br)c(Nc2cccc3n[nH]nc23)c(=O)n1C. The van der Waals surface area contributed by atoms with Gasteiger partial charge in [0.25, 0.3) is 11.1 Å². The smallest absolute Gasteiger partial charge is 0.289 e. The minimum absolute atomic E-state index is 0.163. The molecule has 0 radical (unpaired) electrons. The van der Waals surface area contributed by atoms with Crippen LogP contribution in [0.15, 0.2) is 32.3 Å². The number of hydrogen-bond acceptors (Lipinski definition) is 5. The Balaban J connectivity index is 2.21. The number of hydrogen-bond donors (Lipinski definition) is 2. The lowest BCUT2D eigenvalue weighted by molar-refractivity contribution is 0.533. The molecule has 2 heterocycles. The Morgan fingerprint density at radius 3 is 2.62 bits per heavy atom. The van der Waals surface area contributed by atoms with E-state index in [2.05, 4.69) is 36.7 Å². The van der Waals surface area contributed by atoms with E-state index in [0.717, 1.165) is 0 Å². The van der Waals surface area contributed by atoms with E-state index in [9.17, 15) is 9.59 Å². The molecule has 1 aromatic carbocycles. The number of anilines is 2. The number of nitrogens with one attached hydrogen (secondary N) is 2. The van der Waals surface area contributed by atoms with Crippen LogP contribution in [-0.4, -0.2) is 24.8 Å². The van der Waals surface area contributed by atoms with Gasteiger partial charge in [0.1, 0.15) is 21.2 Å². The van der Waals surface area contributed by atoms with Gasteiger partial charge in [-0.1, -0.05) is 6.07 Å². The zero-order valence-electron chi connectivity index (χ0n) is 11.2. The molecule has 0 saturated heterocycles. The summed E-state index contributed by atoms with van der Waals surface area (Å²) in [4.78, 5) is 24.4. The van der Waals surface area contributed by atoms with Crippen molar-refractivity contribution < 1.29 is 0 Å². The van der Waals surface area contributed by atoms with Crippen LogP contribution in [0, 0.1) is 0 Å². The fourth-order valence-electron chi connectivity index (χ4n) is 1.99. The first-order chi connectivity index (χ1) is 10.0. The molecule has 108 valence electrons. The minimum atomic E-state index is -0.329. The quantitative estimate of drug-likeness (QED) is 0.714. The van der Waals surface area contributed by atoms with Crippen molar-refractivity contribution in [1.29, 1.82) is 0 Å². The van der Waals surface area contributed by atoms with Crippen LogP contribution in [0.25, 0.3) is 11.0 Å². The number of nitrogens with zero attached hydrogens (tertiary/aromatic N) is 4. The maximum atomic E-state index is 12.3. The molecular formula is C12H11BrN6O2. The van der Waals surface area contributed by atoms with Gasteiger partial charge in [0, 0.05) is 14.1 Å². The van der Waals surface area contributed by atoms with Crippen molar-refractivity contribution >= 4 is 38.3 Å². The lowest BCUT2D eigenvalue weighted by Crippen LogP contribution is -2.36. The largest absolute Gasteiger partial charge is 0.348 e. The first-order valence-corrected chi connectivity index (χ1v) is 6.82. The highest BCUT2D eigenvalue weighted by atomic mass is 79.9. The number of fused-ring (bicyclic) bond motifs is 1. The Labute approximate surface area is 126 Å².